The van der Waals surface area contributed by atoms with Crippen molar-refractivity contribution in [2.24, 2.45) is 5.92 Å². The van der Waals surface area contributed by atoms with Gasteiger partial charge < -0.3 is 14.7 Å². The van der Waals surface area contributed by atoms with Gasteiger partial charge in [0.1, 0.15) is 5.60 Å². The number of benzene rings is 1. The summed E-state index contributed by atoms with van der Waals surface area (Å²) in [5.74, 6) is -0.493. The van der Waals surface area contributed by atoms with Gasteiger partial charge in [0.15, 0.2) is 0 Å². The summed E-state index contributed by atoms with van der Waals surface area (Å²) in [6.07, 6.45) is -1.39. The van der Waals surface area contributed by atoms with Gasteiger partial charge in [0.2, 0.25) is 0 Å². The largest absolute Gasteiger partial charge is 0.444 e. The van der Waals surface area contributed by atoms with E-state index in [9.17, 15) is 18.3 Å². The van der Waals surface area contributed by atoms with Gasteiger partial charge >= 0.3 is 6.09 Å². The van der Waals surface area contributed by atoms with E-state index in [1.807, 2.05) is 6.92 Å². The SMILES string of the molecule is Cc1ccc(S(=O)(=O)OC[C@H]2CN(C(=O)OC(C)(C)C)C[C@@H]2O)cc1. The highest BCUT2D eigenvalue weighted by Gasteiger charge is 2.37. The smallest absolute Gasteiger partial charge is 0.410 e. The van der Waals surface area contributed by atoms with Crippen molar-refractivity contribution in [3.05, 3.63) is 29.8 Å². The van der Waals surface area contributed by atoms with E-state index >= 15 is 0 Å². The maximum absolute atomic E-state index is 12.2. The second kappa shape index (κ2) is 7.31. The van der Waals surface area contributed by atoms with Crippen molar-refractivity contribution in [3.63, 3.8) is 0 Å². The molecule has 0 bridgehead atoms. The molecule has 0 radical (unpaired) electrons. The highest BCUT2D eigenvalue weighted by Crippen LogP contribution is 2.22. The van der Waals surface area contributed by atoms with Crippen LogP contribution in [0.2, 0.25) is 0 Å². The van der Waals surface area contributed by atoms with Crippen LogP contribution in [-0.4, -0.2) is 55.9 Å². The zero-order chi connectivity index (χ0) is 18.8. The Morgan fingerprint density at radius 2 is 1.84 bits per heavy atom. The van der Waals surface area contributed by atoms with E-state index in [1.165, 1.54) is 17.0 Å². The minimum atomic E-state index is -3.90. The van der Waals surface area contributed by atoms with Gasteiger partial charge in [0.25, 0.3) is 10.1 Å². The van der Waals surface area contributed by atoms with Gasteiger partial charge in [0.05, 0.1) is 24.2 Å². The summed E-state index contributed by atoms with van der Waals surface area (Å²) in [5, 5.41) is 10.1. The predicted molar refractivity (Wildman–Crippen MR) is 91.6 cm³/mol. The van der Waals surface area contributed by atoms with Gasteiger partial charge in [-0.2, -0.15) is 8.42 Å². The first-order valence-electron chi connectivity index (χ1n) is 8.10. The van der Waals surface area contributed by atoms with E-state index in [2.05, 4.69) is 0 Å². The highest BCUT2D eigenvalue weighted by atomic mass is 32.2. The molecule has 0 unspecified atom stereocenters. The Kier molecular flexibility index (Phi) is 5.75. The normalized spacial score (nSPS) is 21.4. The minimum absolute atomic E-state index is 0.0644. The molecule has 1 saturated heterocycles. The Morgan fingerprint density at radius 3 is 2.40 bits per heavy atom. The molecule has 0 aliphatic carbocycles. The fraction of sp³-hybridized carbons (Fsp3) is 0.588. The molecule has 140 valence electrons. The number of amides is 1. The van der Waals surface area contributed by atoms with Crippen LogP contribution in [0.5, 0.6) is 0 Å². The van der Waals surface area contributed by atoms with E-state index in [0.717, 1.165) is 5.56 Å². The fourth-order valence-corrected chi connectivity index (χ4v) is 3.40. The lowest BCUT2D eigenvalue weighted by Crippen LogP contribution is -2.36. The number of carbonyl (C=O) groups excluding carboxylic acids is 1. The quantitative estimate of drug-likeness (QED) is 0.813. The molecule has 7 nitrogen and oxygen atoms in total. The number of aryl methyl sites for hydroxylation is 1. The number of nitrogens with zero attached hydrogens (tertiary/aromatic N) is 1. The van der Waals surface area contributed by atoms with Crippen LogP contribution in [0.1, 0.15) is 26.3 Å². The third kappa shape index (κ3) is 5.42. The lowest BCUT2D eigenvalue weighted by molar-refractivity contribution is 0.0269. The third-order valence-electron chi connectivity index (χ3n) is 3.81. The lowest BCUT2D eigenvalue weighted by Gasteiger charge is -2.24. The van der Waals surface area contributed by atoms with Crippen molar-refractivity contribution >= 4 is 16.2 Å². The summed E-state index contributed by atoms with van der Waals surface area (Å²) in [6.45, 7) is 7.20. The second-order valence-corrected chi connectivity index (χ2v) is 8.88. The molecule has 1 aliphatic rings. The molecule has 0 saturated carbocycles. The average Bonchev–Trinajstić information content (AvgIpc) is 2.85. The molecule has 1 aromatic carbocycles. The van der Waals surface area contributed by atoms with Gasteiger partial charge in [-0.3, -0.25) is 4.18 Å². The van der Waals surface area contributed by atoms with Gasteiger partial charge in [-0.25, -0.2) is 4.79 Å². The van der Waals surface area contributed by atoms with Crippen LogP contribution in [0.25, 0.3) is 0 Å². The molecule has 1 heterocycles. The van der Waals surface area contributed by atoms with Crippen LogP contribution >= 0.6 is 0 Å². The molecule has 1 aliphatic heterocycles. The summed E-state index contributed by atoms with van der Waals surface area (Å²) >= 11 is 0. The predicted octanol–water partition coefficient (Wildman–Crippen LogP) is 1.93. The van der Waals surface area contributed by atoms with Crippen LogP contribution in [0, 0.1) is 12.8 Å². The van der Waals surface area contributed by atoms with E-state index in [-0.39, 0.29) is 24.6 Å². The number of aliphatic hydroxyl groups is 1. The first-order chi connectivity index (χ1) is 11.5. The first-order valence-corrected chi connectivity index (χ1v) is 9.51. The van der Waals surface area contributed by atoms with E-state index < -0.39 is 33.8 Å². The fourth-order valence-electron chi connectivity index (χ4n) is 2.44. The molecule has 25 heavy (non-hydrogen) atoms. The maximum Gasteiger partial charge on any atom is 0.410 e. The topological polar surface area (TPSA) is 93.1 Å². The number of hydrogen-bond donors (Lipinski definition) is 1. The highest BCUT2D eigenvalue weighted by molar-refractivity contribution is 7.86. The molecule has 1 amide bonds. The molecule has 1 fully saturated rings. The molecule has 0 spiro atoms. The van der Waals surface area contributed by atoms with Gasteiger partial charge in [-0.05, 0) is 39.8 Å². The van der Waals surface area contributed by atoms with E-state index in [0.29, 0.717) is 0 Å². The van der Waals surface area contributed by atoms with Crippen molar-refractivity contribution in [3.8, 4) is 0 Å². The van der Waals surface area contributed by atoms with Crippen LogP contribution in [0.4, 0.5) is 4.79 Å². The molecule has 2 rings (SSSR count). The number of carbonyl (C=O) groups is 1. The molecule has 8 heteroatoms. The van der Waals surface area contributed by atoms with E-state index in [1.54, 1.807) is 32.9 Å². The van der Waals surface area contributed by atoms with Gasteiger partial charge in [0, 0.05) is 12.5 Å². The van der Waals surface area contributed by atoms with Crippen molar-refractivity contribution in [1.82, 2.24) is 4.90 Å². The van der Waals surface area contributed by atoms with Crippen LogP contribution in [0.15, 0.2) is 29.2 Å². The van der Waals surface area contributed by atoms with Crippen molar-refractivity contribution in [1.29, 1.82) is 0 Å². The number of likely N-dealkylation sites (tertiary alicyclic amines) is 1. The Balaban J connectivity index is 1.95. The van der Waals surface area contributed by atoms with Crippen LogP contribution in [-0.2, 0) is 19.0 Å². The second-order valence-electron chi connectivity index (χ2n) is 7.26. The number of ether oxygens (including phenoxy) is 1. The standard InChI is InChI=1S/C17H25NO6S/c1-12-5-7-14(8-6-12)25(21,22)23-11-13-9-18(10-15(13)19)16(20)24-17(2,3)4/h5-8,13,15,19H,9-11H2,1-4H3/t13-,15+/m1/s1. The van der Waals surface area contributed by atoms with Crippen molar-refractivity contribution in [2.45, 2.75) is 44.3 Å². The molecule has 0 aromatic heterocycles. The Hall–Kier alpha value is -1.64. The first kappa shape index (κ1) is 19.7. The molecule has 2 atom stereocenters. The summed E-state index contributed by atoms with van der Waals surface area (Å²) in [4.78, 5) is 13.5. The minimum Gasteiger partial charge on any atom is -0.444 e. The molecular formula is C17H25NO6S. The third-order valence-corrected chi connectivity index (χ3v) is 5.10. The lowest BCUT2D eigenvalue weighted by atomic mass is 10.1. The number of aliphatic hydroxyl groups excluding tert-OH is 1. The van der Waals surface area contributed by atoms with Gasteiger partial charge in [-0.15, -0.1) is 0 Å². The maximum atomic E-state index is 12.2. The summed E-state index contributed by atoms with van der Waals surface area (Å²) in [6, 6.07) is 6.32. The molecule has 1 N–H and O–H groups in total. The zero-order valence-corrected chi connectivity index (χ0v) is 15.7. The molecular weight excluding hydrogens is 346 g/mol. The summed E-state index contributed by atoms with van der Waals surface area (Å²) < 4.78 is 34.7. The van der Waals surface area contributed by atoms with Crippen molar-refractivity contribution in [2.75, 3.05) is 19.7 Å². The Bertz CT molecular complexity index is 708. The Labute approximate surface area is 148 Å². The summed E-state index contributed by atoms with van der Waals surface area (Å²) in [7, 11) is -3.90. The Morgan fingerprint density at radius 1 is 1.24 bits per heavy atom. The van der Waals surface area contributed by atoms with Crippen LogP contribution in [0.3, 0.4) is 0 Å². The number of hydrogen-bond acceptors (Lipinski definition) is 6. The molecule has 1 aromatic rings. The number of rotatable bonds is 4. The zero-order valence-electron chi connectivity index (χ0n) is 14.9. The number of β-amino-alcohol motifs (C(OH)–C–C–N with tert-alkyl or cyclic N) is 1. The van der Waals surface area contributed by atoms with Crippen LogP contribution < -0.4 is 0 Å². The van der Waals surface area contributed by atoms with Crippen molar-refractivity contribution < 1.29 is 27.2 Å². The monoisotopic (exact) mass is 371 g/mol. The summed E-state index contributed by atoms with van der Waals surface area (Å²) in [5.41, 5.74) is 0.309. The van der Waals surface area contributed by atoms with E-state index in [4.69, 9.17) is 8.92 Å². The average molecular weight is 371 g/mol. The van der Waals surface area contributed by atoms with Gasteiger partial charge in [-0.1, -0.05) is 17.7 Å².